The van der Waals surface area contributed by atoms with Gasteiger partial charge in [-0.3, -0.25) is 9.69 Å². The maximum absolute atomic E-state index is 13.1. The van der Waals surface area contributed by atoms with E-state index >= 15 is 0 Å². The number of methoxy groups -OCH3 is 1. The number of nitrogens with one attached hydrogen (secondary N) is 1. The first-order chi connectivity index (χ1) is 11.5. The summed E-state index contributed by atoms with van der Waals surface area (Å²) in [4.78, 5) is 15.5. The lowest BCUT2D eigenvalue weighted by Crippen LogP contribution is -2.54. The average Bonchev–Trinajstić information content (AvgIpc) is 2.91. The minimum absolute atomic E-state index is 0.0506. The smallest absolute Gasteiger partial charge is 0.231 e. The van der Waals surface area contributed by atoms with Crippen molar-refractivity contribution in [2.45, 2.75) is 56.7 Å². The van der Waals surface area contributed by atoms with Crippen LogP contribution in [-0.2, 0) is 14.9 Å². The number of carbonyl (C=O) groups excluding carboxylic acids is 1. The van der Waals surface area contributed by atoms with Crippen LogP contribution in [0, 0.1) is 0 Å². The predicted octanol–water partition coefficient (Wildman–Crippen LogP) is 2.99. The van der Waals surface area contributed by atoms with Crippen LogP contribution in [-0.4, -0.2) is 49.2 Å². The second kappa shape index (κ2) is 7.03. The minimum Gasteiger partial charge on any atom is -0.378 e. The lowest BCUT2D eigenvalue weighted by molar-refractivity contribution is -0.131. The predicted molar refractivity (Wildman–Crippen MR) is 96.4 cm³/mol. The van der Waals surface area contributed by atoms with Crippen molar-refractivity contribution in [1.29, 1.82) is 0 Å². The molecule has 0 unspecified atom stereocenters. The Kier molecular flexibility index (Phi) is 5.19. The van der Waals surface area contributed by atoms with Gasteiger partial charge in [0.25, 0.3) is 0 Å². The summed E-state index contributed by atoms with van der Waals surface area (Å²) in [5, 5.41) is 3.99. The molecule has 3 rings (SSSR count). The Balaban J connectivity index is 1.74. The number of likely N-dealkylation sites (tertiary alicyclic amines) is 1. The van der Waals surface area contributed by atoms with E-state index in [-0.39, 0.29) is 18.1 Å². The molecule has 1 aliphatic carbocycles. The van der Waals surface area contributed by atoms with E-state index in [1.165, 1.54) is 0 Å². The van der Waals surface area contributed by atoms with Crippen molar-refractivity contribution in [2.75, 3.05) is 20.2 Å². The summed E-state index contributed by atoms with van der Waals surface area (Å²) in [6, 6.07) is 8.23. The second-order valence-electron chi connectivity index (χ2n) is 7.34. The van der Waals surface area contributed by atoms with Gasteiger partial charge >= 0.3 is 0 Å². The molecule has 0 spiro atoms. The number of amides is 1. The molecule has 2 aliphatic rings. The number of carbonyl (C=O) groups is 1. The lowest BCUT2D eigenvalue weighted by Gasteiger charge is -2.41. The van der Waals surface area contributed by atoms with Crippen LogP contribution in [0.25, 0.3) is 0 Å². The highest BCUT2D eigenvalue weighted by Gasteiger charge is 2.47. The summed E-state index contributed by atoms with van der Waals surface area (Å²) >= 11 is 6.00. The Morgan fingerprint density at radius 3 is 2.46 bits per heavy atom. The Labute approximate surface area is 149 Å². The van der Waals surface area contributed by atoms with Gasteiger partial charge in [0.15, 0.2) is 0 Å². The summed E-state index contributed by atoms with van der Waals surface area (Å²) in [5.41, 5.74) is 0.678. The molecule has 24 heavy (non-hydrogen) atoms. The van der Waals surface area contributed by atoms with Gasteiger partial charge in [-0.15, -0.1) is 0 Å². The first kappa shape index (κ1) is 17.7. The quantitative estimate of drug-likeness (QED) is 0.887. The zero-order chi connectivity index (χ0) is 17.3. The maximum Gasteiger partial charge on any atom is 0.231 e. The highest BCUT2D eigenvalue weighted by atomic mass is 35.5. The van der Waals surface area contributed by atoms with E-state index in [0.29, 0.717) is 11.1 Å². The third kappa shape index (κ3) is 3.19. The first-order valence-electron chi connectivity index (χ1n) is 8.80. The van der Waals surface area contributed by atoms with Crippen molar-refractivity contribution in [2.24, 2.45) is 0 Å². The molecular weight excluding hydrogens is 324 g/mol. The molecule has 1 amide bonds. The number of hydrogen-bond donors (Lipinski definition) is 1. The van der Waals surface area contributed by atoms with Crippen molar-refractivity contribution in [1.82, 2.24) is 10.2 Å². The zero-order valence-electron chi connectivity index (χ0n) is 14.7. The summed E-state index contributed by atoms with van der Waals surface area (Å²) in [6.45, 7) is 6.07. The van der Waals surface area contributed by atoms with E-state index < -0.39 is 5.41 Å². The molecule has 132 valence electrons. The average molecular weight is 351 g/mol. The molecule has 4 nitrogen and oxygen atoms in total. The van der Waals surface area contributed by atoms with Gasteiger partial charge in [0.2, 0.25) is 5.91 Å². The molecule has 0 radical (unpaired) electrons. The maximum atomic E-state index is 13.1. The SMILES string of the molecule is CO[C@@H]1CN(C(C)C)C[C@H]1NC(=O)C1(c2ccc(Cl)cc2)CCC1. The van der Waals surface area contributed by atoms with Crippen LogP contribution >= 0.6 is 11.6 Å². The van der Waals surface area contributed by atoms with Crippen LogP contribution in [0.2, 0.25) is 5.02 Å². The van der Waals surface area contributed by atoms with Crippen LogP contribution in [0.3, 0.4) is 0 Å². The van der Waals surface area contributed by atoms with E-state index in [4.69, 9.17) is 16.3 Å². The van der Waals surface area contributed by atoms with Crippen molar-refractivity contribution in [3.63, 3.8) is 0 Å². The fourth-order valence-corrected chi connectivity index (χ4v) is 3.98. The number of benzene rings is 1. The fraction of sp³-hybridized carbons (Fsp3) is 0.632. The van der Waals surface area contributed by atoms with Crippen LogP contribution in [0.5, 0.6) is 0 Å². The molecule has 1 aromatic rings. The second-order valence-corrected chi connectivity index (χ2v) is 7.78. The summed E-state index contributed by atoms with van der Waals surface area (Å²) in [7, 11) is 1.73. The van der Waals surface area contributed by atoms with Crippen molar-refractivity contribution < 1.29 is 9.53 Å². The van der Waals surface area contributed by atoms with Gasteiger partial charge in [0, 0.05) is 31.3 Å². The summed E-state index contributed by atoms with van der Waals surface area (Å²) < 4.78 is 5.62. The van der Waals surface area contributed by atoms with E-state index in [1.807, 2.05) is 24.3 Å². The van der Waals surface area contributed by atoms with E-state index in [9.17, 15) is 4.79 Å². The highest BCUT2D eigenvalue weighted by molar-refractivity contribution is 6.30. The highest BCUT2D eigenvalue weighted by Crippen LogP contribution is 2.44. The number of hydrogen-bond acceptors (Lipinski definition) is 3. The Hall–Kier alpha value is -1.10. The molecule has 1 saturated heterocycles. The molecule has 1 saturated carbocycles. The Morgan fingerprint density at radius 1 is 1.29 bits per heavy atom. The Morgan fingerprint density at radius 2 is 1.96 bits per heavy atom. The molecule has 1 aliphatic heterocycles. The largest absolute Gasteiger partial charge is 0.378 e. The molecular formula is C19H27ClN2O2. The van der Waals surface area contributed by atoms with Crippen molar-refractivity contribution in [3.05, 3.63) is 34.9 Å². The van der Waals surface area contributed by atoms with E-state index in [0.717, 1.165) is 37.9 Å². The standard InChI is InChI=1S/C19H27ClN2O2/c1-13(2)22-11-16(17(12-22)24-3)21-18(23)19(9-4-10-19)14-5-7-15(20)8-6-14/h5-8,13,16-17H,4,9-12H2,1-3H3,(H,21,23)/t16-,17-/m1/s1. The van der Waals surface area contributed by atoms with Gasteiger partial charge in [-0.2, -0.15) is 0 Å². The van der Waals surface area contributed by atoms with Crippen LogP contribution in [0.4, 0.5) is 0 Å². The molecule has 2 atom stereocenters. The third-order valence-electron chi connectivity index (χ3n) is 5.68. The first-order valence-corrected chi connectivity index (χ1v) is 9.18. The molecule has 0 aromatic heterocycles. The Bertz CT molecular complexity index is 584. The van der Waals surface area contributed by atoms with Gasteiger partial charge in [-0.1, -0.05) is 30.2 Å². The topological polar surface area (TPSA) is 41.6 Å². The third-order valence-corrected chi connectivity index (χ3v) is 5.93. The monoisotopic (exact) mass is 350 g/mol. The number of rotatable bonds is 5. The van der Waals surface area contributed by atoms with Crippen LogP contribution < -0.4 is 5.32 Å². The number of halogens is 1. The number of ether oxygens (including phenoxy) is 1. The van der Waals surface area contributed by atoms with Gasteiger partial charge in [-0.25, -0.2) is 0 Å². The molecule has 1 heterocycles. The fourth-order valence-electron chi connectivity index (χ4n) is 3.85. The van der Waals surface area contributed by atoms with Gasteiger partial charge in [0.1, 0.15) is 0 Å². The van der Waals surface area contributed by atoms with E-state index in [1.54, 1.807) is 7.11 Å². The lowest BCUT2D eigenvalue weighted by atomic mass is 9.63. The van der Waals surface area contributed by atoms with Crippen LogP contribution in [0.15, 0.2) is 24.3 Å². The van der Waals surface area contributed by atoms with E-state index in [2.05, 4.69) is 24.1 Å². The van der Waals surface area contributed by atoms with Gasteiger partial charge in [0.05, 0.1) is 17.6 Å². The molecule has 0 bridgehead atoms. The summed E-state index contributed by atoms with van der Waals surface area (Å²) in [6.07, 6.45) is 2.95. The van der Waals surface area contributed by atoms with Crippen molar-refractivity contribution in [3.8, 4) is 0 Å². The van der Waals surface area contributed by atoms with Gasteiger partial charge in [-0.05, 0) is 44.4 Å². The number of nitrogens with zero attached hydrogens (tertiary/aromatic N) is 1. The molecule has 1 N–H and O–H groups in total. The molecule has 1 aromatic carbocycles. The molecule has 5 heteroatoms. The summed E-state index contributed by atoms with van der Waals surface area (Å²) in [5.74, 6) is 0.133. The van der Waals surface area contributed by atoms with Crippen molar-refractivity contribution >= 4 is 17.5 Å². The van der Waals surface area contributed by atoms with Crippen LogP contribution in [0.1, 0.15) is 38.7 Å². The normalized spacial score (nSPS) is 26.4. The zero-order valence-corrected chi connectivity index (χ0v) is 15.5. The van der Waals surface area contributed by atoms with Gasteiger partial charge < -0.3 is 10.1 Å². The minimum atomic E-state index is -0.395. The molecule has 2 fully saturated rings.